The highest BCUT2D eigenvalue weighted by Crippen LogP contribution is 2.50. The summed E-state index contributed by atoms with van der Waals surface area (Å²) in [6.07, 6.45) is 0.944. The third-order valence-electron chi connectivity index (χ3n) is 6.24. The summed E-state index contributed by atoms with van der Waals surface area (Å²) in [5.41, 5.74) is 11.3. The molecule has 0 saturated heterocycles. The summed E-state index contributed by atoms with van der Waals surface area (Å²) in [7, 11) is 0. The Labute approximate surface area is 189 Å². The van der Waals surface area contributed by atoms with Crippen molar-refractivity contribution < 1.29 is 0 Å². The zero-order valence-electron chi connectivity index (χ0n) is 17.8. The zero-order chi connectivity index (χ0) is 21.3. The Kier molecular flexibility index (Phi) is 4.58. The largest absolute Gasteiger partial charge is 0.309 e. The molecule has 0 aliphatic carbocycles. The Morgan fingerprint density at radius 3 is 1.38 bits per heavy atom. The van der Waals surface area contributed by atoms with Gasteiger partial charge in [-0.3, -0.25) is 0 Å². The van der Waals surface area contributed by atoms with Gasteiger partial charge in [-0.25, -0.2) is 0 Å². The van der Waals surface area contributed by atoms with Crippen molar-refractivity contribution in [3.63, 3.8) is 0 Å². The van der Waals surface area contributed by atoms with Crippen LogP contribution in [0.25, 0.3) is 22.3 Å². The minimum absolute atomic E-state index is 0.944. The molecule has 0 bridgehead atoms. The summed E-state index contributed by atoms with van der Waals surface area (Å²) < 4.78 is 0. The maximum Gasteiger partial charge on any atom is 0.0540 e. The highest BCUT2D eigenvalue weighted by molar-refractivity contribution is 6.02. The van der Waals surface area contributed by atoms with E-state index >= 15 is 0 Å². The zero-order valence-corrected chi connectivity index (χ0v) is 17.8. The predicted molar refractivity (Wildman–Crippen MR) is 135 cm³/mol. The van der Waals surface area contributed by atoms with E-state index in [1.54, 1.807) is 0 Å². The van der Waals surface area contributed by atoms with Crippen LogP contribution in [0.1, 0.15) is 11.1 Å². The molecule has 1 heteroatoms. The molecule has 1 aliphatic rings. The second-order valence-corrected chi connectivity index (χ2v) is 8.24. The molecule has 0 radical (unpaired) electrons. The molecule has 6 rings (SSSR count). The van der Waals surface area contributed by atoms with Crippen LogP contribution in [0.15, 0.2) is 127 Å². The summed E-state index contributed by atoms with van der Waals surface area (Å²) in [5.74, 6) is 0. The molecule has 32 heavy (non-hydrogen) atoms. The van der Waals surface area contributed by atoms with Crippen molar-refractivity contribution >= 4 is 17.1 Å². The van der Waals surface area contributed by atoms with Gasteiger partial charge in [0.15, 0.2) is 0 Å². The van der Waals surface area contributed by atoms with Crippen LogP contribution in [0.4, 0.5) is 17.1 Å². The van der Waals surface area contributed by atoms with E-state index in [0.717, 1.165) is 6.42 Å². The van der Waals surface area contributed by atoms with Gasteiger partial charge in [-0.2, -0.15) is 0 Å². The monoisotopic (exact) mass is 409 g/mol. The summed E-state index contributed by atoms with van der Waals surface area (Å²) >= 11 is 0. The number of fused-ring (bicyclic) bond motifs is 5. The van der Waals surface area contributed by atoms with Gasteiger partial charge < -0.3 is 4.90 Å². The summed E-state index contributed by atoms with van der Waals surface area (Å²) in [6, 6.07) is 45.8. The lowest BCUT2D eigenvalue weighted by atomic mass is 9.95. The molecule has 5 aromatic carbocycles. The Balaban J connectivity index is 1.50. The van der Waals surface area contributed by atoms with Crippen LogP contribution in [0.5, 0.6) is 0 Å². The lowest BCUT2D eigenvalue weighted by molar-refractivity contribution is 1.19. The maximum atomic E-state index is 2.40. The van der Waals surface area contributed by atoms with Gasteiger partial charge in [0, 0.05) is 16.8 Å². The van der Waals surface area contributed by atoms with E-state index in [1.807, 2.05) is 0 Å². The molecule has 0 saturated carbocycles. The van der Waals surface area contributed by atoms with Crippen molar-refractivity contribution in [3.8, 4) is 22.3 Å². The van der Waals surface area contributed by atoms with E-state index in [0.29, 0.717) is 0 Å². The molecule has 0 aromatic heterocycles. The maximum absolute atomic E-state index is 2.40. The van der Waals surface area contributed by atoms with Crippen LogP contribution in [-0.4, -0.2) is 0 Å². The Hall–Kier alpha value is -4.10. The Bertz CT molecular complexity index is 1320. The van der Waals surface area contributed by atoms with Gasteiger partial charge in [-0.1, -0.05) is 103 Å². The fourth-order valence-electron chi connectivity index (χ4n) is 4.75. The average molecular weight is 410 g/mol. The van der Waals surface area contributed by atoms with Crippen LogP contribution in [0.3, 0.4) is 0 Å². The molecule has 0 fully saturated rings. The molecule has 1 nitrogen and oxygen atoms in total. The lowest BCUT2D eigenvalue weighted by Crippen LogP contribution is -2.10. The van der Waals surface area contributed by atoms with Crippen molar-refractivity contribution in [2.45, 2.75) is 6.42 Å². The number of rotatable bonds is 3. The van der Waals surface area contributed by atoms with Crippen LogP contribution in [0.2, 0.25) is 0 Å². The SMILES string of the molecule is c1ccc(Cc2ccc(N3c4ccccc4-c4ccccc4-c4ccccc43)cc2)cc1. The first kappa shape index (κ1) is 18.7. The number of benzene rings is 5. The molecule has 0 spiro atoms. The molecule has 0 N–H and O–H groups in total. The quantitative estimate of drug-likeness (QED) is 0.284. The van der Waals surface area contributed by atoms with E-state index in [4.69, 9.17) is 0 Å². The second-order valence-electron chi connectivity index (χ2n) is 8.24. The highest BCUT2D eigenvalue weighted by atomic mass is 15.1. The van der Waals surface area contributed by atoms with Crippen molar-refractivity contribution in [1.82, 2.24) is 0 Å². The average Bonchev–Trinajstić information content (AvgIpc) is 2.98. The Morgan fingerprint density at radius 1 is 0.375 bits per heavy atom. The van der Waals surface area contributed by atoms with Crippen molar-refractivity contribution in [1.29, 1.82) is 0 Å². The normalized spacial score (nSPS) is 11.8. The van der Waals surface area contributed by atoms with Crippen molar-refractivity contribution in [2.75, 3.05) is 4.90 Å². The highest BCUT2D eigenvalue weighted by Gasteiger charge is 2.25. The van der Waals surface area contributed by atoms with Crippen molar-refractivity contribution in [2.24, 2.45) is 0 Å². The molecule has 5 aromatic rings. The number of hydrogen-bond donors (Lipinski definition) is 0. The molecule has 1 aliphatic heterocycles. The molecule has 0 amide bonds. The number of nitrogens with zero attached hydrogens (tertiary/aromatic N) is 1. The topological polar surface area (TPSA) is 3.24 Å². The van der Waals surface area contributed by atoms with Gasteiger partial charge in [0.25, 0.3) is 0 Å². The van der Waals surface area contributed by atoms with Crippen LogP contribution >= 0.6 is 0 Å². The number of hydrogen-bond acceptors (Lipinski definition) is 1. The predicted octanol–water partition coefficient (Wildman–Crippen LogP) is 8.39. The van der Waals surface area contributed by atoms with Gasteiger partial charge in [0.2, 0.25) is 0 Å². The fraction of sp³-hybridized carbons (Fsp3) is 0.0323. The third kappa shape index (κ3) is 3.19. The van der Waals surface area contributed by atoms with E-state index in [9.17, 15) is 0 Å². The summed E-state index contributed by atoms with van der Waals surface area (Å²) in [4.78, 5) is 2.40. The van der Waals surface area contributed by atoms with E-state index < -0.39 is 0 Å². The van der Waals surface area contributed by atoms with Crippen molar-refractivity contribution in [3.05, 3.63) is 139 Å². The number of anilines is 3. The van der Waals surface area contributed by atoms with Crippen LogP contribution in [-0.2, 0) is 6.42 Å². The van der Waals surface area contributed by atoms with Gasteiger partial charge in [0.05, 0.1) is 11.4 Å². The molecule has 1 heterocycles. The molecular formula is C31H23N. The lowest BCUT2D eigenvalue weighted by Gasteiger charge is -2.27. The first-order chi connectivity index (χ1) is 15.9. The minimum atomic E-state index is 0.944. The van der Waals surface area contributed by atoms with E-state index in [2.05, 4.69) is 132 Å². The first-order valence-electron chi connectivity index (χ1n) is 11.1. The molecule has 0 unspecified atom stereocenters. The van der Waals surface area contributed by atoms with E-state index in [1.165, 1.54) is 50.4 Å². The summed E-state index contributed by atoms with van der Waals surface area (Å²) in [6.45, 7) is 0. The molecular weight excluding hydrogens is 386 g/mol. The second kappa shape index (κ2) is 7.86. The standard InChI is InChI=1S/C31H23N/c1-2-10-23(11-3-1)22-24-18-20-25(21-19-24)32-30-16-8-6-14-28(30)26-12-4-5-13-27(26)29-15-7-9-17-31(29)32/h1-21H,22H2. The van der Waals surface area contributed by atoms with E-state index in [-0.39, 0.29) is 0 Å². The summed E-state index contributed by atoms with van der Waals surface area (Å²) in [5, 5.41) is 0. The minimum Gasteiger partial charge on any atom is -0.309 e. The van der Waals surface area contributed by atoms with Gasteiger partial charge in [-0.05, 0) is 52.9 Å². The Morgan fingerprint density at radius 2 is 0.812 bits per heavy atom. The van der Waals surface area contributed by atoms with Crippen LogP contribution in [0, 0.1) is 0 Å². The van der Waals surface area contributed by atoms with Gasteiger partial charge >= 0.3 is 0 Å². The van der Waals surface area contributed by atoms with Crippen LogP contribution < -0.4 is 4.90 Å². The fourth-order valence-corrected chi connectivity index (χ4v) is 4.75. The third-order valence-corrected chi connectivity index (χ3v) is 6.24. The molecule has 152 valence electrons. The van der Waals surface area contributed by atoms with Gasteiger partial charge in [-0.15, -0.1) is 0 Å². The first-order valence-corrected chi connectivity index (χ1v) is 11.1. The smallest absolute Gasteiger partial charge is 0.0540 e. The van der Waals surface area contributed by atoms with Gasteiger partial charge in [0.1, 0.15) is 0 Å². The number of para-hydroxylation sites is 2. The molecule has 0 atom stereocenters.